The Labute approximate surface area is 116 Å². The Hall–Kier alpha value is -1.77. The molecule has 0 aromatic heterocycles. The summed E-state index contributed by atoms with van der Waals surface area (Å²) in [6.07, 6.45) is -11.4. The smallest absolute Gasteiger partial charge is 0.326 e. The summed E-state index contributed by atoms with van der Waals surface area (Å²) in [5, 5.41) is 1.66. The highest BCUT2D eigenvalue weighted by Crippen LogP contribution is 2.40. The van der Waals surface area contributed by atoms with Crippen LogP contribution < -0.4 is 11.1 Å². The largest absolute Gasteiger partial charge is 0.409 e. The molecule has 0 radical (unpaired) electrons. The molecule has 0 aliphatic carbocycles. The van der Waals surface area contributed by atoms with Crippen molar-refractivity contribution in [3.63, 3.8) is 0 Å². The second-order valence-corrected chi connectivity index (χ2v) is 4.36. The van der Waals surface area contributed by atoms with E-state index in [2.05, 4.69) is 0 Å². The van der Waals surface area contributed by atoms with Gasteiger partial charge in [0.2, 0.25) is 11.8 Å². The van der Waals surface area contributed by atoms with Crippen molar-refractivity contribution in [2.24, 2.45) is 11.7 Å². The lowest BCUT2D eigenvalue weighted by molar-refractivity contribution is -0.272. The minimum absolute atomic E-state index is 0.0329. The van der Waals surface area contributed by atoms with Crippen molar-refractivity contribution in [2.75, 3.05) is 5.32 Å². The van der Waals surface area contributed by atoms with Crippen LogP contribution >= 0.6 is 0 Å². The van der Waals surface area contributed by atoms with Crippen LogP contribution in [0.5, 0.6) is 0 Å². The number of hydrogen-bond donors (Lipinski definition) is 2. The fourth-order valence-corrected chi connectivity index (χ4v) is 1.62. The first-order valence-corrected chi connectivity index (χ1v) is 5.70. The molecular weight excluding hydrogens is 302 g/mol. The number of rotatable bonds is 3. The van der Waals surface area contributed by atoms with E-state index in [9.17, 15) is 31.1 Å². The Morgan fingerprint density at radius 1 is 1.19 bits per heavy atom. The molecule has 0 bridgehead atoms. The van der Waals surface area contributed by atoms with Gasteiger partial charge in [-0.3, -0.25) is 4.79 Å². The molecule has 1 aromatic rings. The van der Waals surface area contributed by atoms with E-state index in [4.69, 9.17) is 5.73 Å². The van der Waals surface area contributed by atoms with E-state index in [0.717, 1.165) is 0 Å². The lowest BCUT2D eigenvalue weighted by Gasteiger charge is -2.22. The van der Waals surface area contributed by atoms with Gasteiger partial charge in [-0.2, -0.15) is 26.3 Å². The summed E-state index contributed by atoms with van der Waals surface area (Å²) in [5.41, 5.74) is 5.97. The van der Waals surface area contributed by atoms with Crippen molar-refractivity contribution in [3.05, 3.63) is 29.3 Å². The van der Waals surface area contributed by atoms with Crippen LogP contribution in [0.3, 0.4) is 0 Å². The topological polar surface area (TPSA) is 55.1 Å². The van der Waals surface area contributed by atoms with Gasteiger partial charge >= 0.3 is 12.4 Å². The second-order valence-electron chi connectivity index (χ2n) is 4.36. The van der Waals surface area contributed by atoms with Gasteiger partial charge in [-0.05, 0) is 24.1 Å². The minimum atomic E-state index is -5.72. The maximum atomic E-state index is 12.4. The first-order valence-electron chi connectivity index (χ1n) is 5.70. The molecule has 0 atom stereocenters. The molecule has 0 fully saturated rings. The number of nitrogens with two attached hydrogens (primary N) is 1. The summed E-state index contributed by atoms with van der Waals surface area (Å²) in [6, 6.07) is 4.22. The fourth-order valence-electron chi connectivity index (χ4n) is 1.62. The molecule has 21 heavy (non-hydrogen) atoms. The number of carbonyl (C=O) groups excluding carboxylic acids is 1. The van der Waals surface area contributed by atoms with Gasteiger partial charge in [-0.15, -0.1) is 0 Å². The molecule has 0 aliphatic heterocycles. The molecule has 1 aromatic carbocycles. The third-order valence-electron chi connectivity index (χ3n) is 2.71. The van der Waals surface area contributed by atoms with Crippen LogP contribution in [-0.2, 0) is 11.3 Å². The summed E-state index contributed by atoms with van der Waals surface area (Å²) in [5.74, 6) is -6.25. The average molecular weight is 314 g/mol. The number of alkyl halides is 6. The van der Waals surface area contributed by atoms with Crippen LogP contribution in [0.1, 0.15) is 11.1 Å². The molecule has 0 unspecified atom stereocenters. The molecule has 9 heteroatoms. The van der Waals surface area contributed by atoms with Gasteiger partial charge in [0.1, 0.15) is 0 Å². The summed E-state index contributed by atoms with van der Waals surface area (Å²) in [6.45, 7) is 1.47. The molecular formula is C12H12F6N2O. The van der Waals surface area contributed by atoms with Crippen LogP contribution in [0.15, 0.2) is 18.2 Å². The highest BCUT2D eigenvalue weighted by Gasteiger charge is 2.61. The molecule has 0 aliphatic rings. The average Bonchev–Trinajstić information content (AvgIpc) is 2.28. The number of aryl methyl sites for hydroxylation is 1. The molecule has 0 spiro atoms. The minimum Gasteiger partial charge on any atom is -0.326 e. The van der Waals surface area contributed by atoms with Crippen LogP contribution in [0.25, 0.3) is 0 Å². The maximum Gasteiger partial charge on any atom is 0.409 e. The zero-order chi connectivity index (χ0) is 16.4. The Morgan fingerprint density at radius 3 is 2.14 bits per heavy atom. The number of nitrogens with one attached hydrogen (secondary N) is 1. The molecule has 1 amide bonds. The van der Waals surface area contributed by atoms with Crippen molar-refractivity contribution in [2.45, 2.75) is 25.8 Å². The number of halogens is 6. The lowest BCUT2D eigenvalue weighted by atomic mass is 10.1. The molecule has 0 heterocycles. The van der Waals surface area contributed by atoms with E-state index in [1.165, 1.54) is 19.1 Å². The molecule has 0 saturated heterocycles. The molecule has 3 nitrogen and oxygen atoms in total. The standard InChI is InChI=1S/C12H12F6N2O/c1-6-2-3-7(5-19)4-8(6)20-10(21)9(11(13,14)15)12(16,17)18/h2-4,9H,5,19H2,1H3,(H,20,21). The van der Waals surface area contributed by atoms with E-state index in [0.29, 0.717) is 11.1 Å². The van der Waals surface area contributed by atoms with Gasteiger partial charge in [-0.25, -0.2) is 0 Å². The SMILES string of the molecule is Cc1ccc(CN)cc1NC(=O)C(C(F)(F)F)C(F)(F)F. The van der Waals surface area contributed by atoms with Crippen molar-refractivity contribution >= 4 is 11.6 Å². The van der Waals surface area contributed by atoms with Crippen LogP contribution in [0.2, 0.25) is 0 Å². The van der Waals surface area contributed by atoms with Crippen molar-refractivity contribution < 1.29 is 31.1 Å². The Bertz CT molecular complexity index is 509. The van der Waals surface area contributed by atoms with Crippen molar-refractivity contribution in [1.82, 2.24) is 0 Å². The van der Waals surface area contributed by atoms with E-state index in [1.807, 2.05) is 0 Å². The lowest BCUT2D eigenvalue weighted by Crippen LogP contribution is -2.45. The van der Waals surface area contributed by atoms with Gasteiger partial charge in [-0.1, -0.05) is 12.1 Å². The van der Waals surface area contributed by atoms with E-state index in [-0.39, 0.29) is 12.2 Å². The zero-order valence-corrected chi connectivity index (χ0v) is 10.8. The van der Waals surface area contributed by atoms with Gasteiger partial charge in [0, 0.05) is 12.2 Å². The molecule has 1 rings (SSSR count). The van der Waals surface area contributed by atoms with Gasteiger partial charge < -0.3 is 11.1 Å². The molecule has 118 valence electrons. The summed E-state index contributed by atoms with van der Waals surface area (Å²) < 4.78 is 74.5. The number of benzene rings is 1. The van der Waals surface area contributed by atoms with Crippen LogP contribution in [0.4, 0.5) is 32.0 Å². The Balaban J connectivity index is 3.08. The second kappa shape index (κ2) is 5.92. The number of anilines is 1. The van der Waals surface area contributed by atoms with Crippen molar-refractivity contribution in [1.29, 1.82) is 0 Å². The fraction of sp³-hybridized carbons (Fsp3) is 0.417. The van der Waals surface area contributed by atoms with Crippen LogP contribution in [-0.4, -0.2) is 18.3 Å². The normalized spacial score (nSPS) is 12.6. The molecule has 3 N–H and O–H groups in total. The van der Waals surface area contributed by atoms with Gasteiger partial charge in [0.15, 0.2) is 0 Å². The quantitative estimate of drug-likeness (QED) is 0.842. The first kappa shape index (κ1) is 17.3. The first-order chi connectivity index (χ1) is 9.46. The highest BCUT2D eigenvalue weighted by atomic mass is 19.4. The number of amides is 1. The third kappa shape index (κ3) is 4.35. The van der Waals surface area contributed by atoms with Crippen LogP contribution in [0, 0.1) is 12.8 Å². The summed E-state index contributed by atoms with van der Waals surface area (Å²) in [4.78, 5) is 11.4. The van der Waals surface area contributed by atoms with Gasteiger partial charge in [0.25, 0.3) is 0 Å². The Morgan fingerprint density at radius 2 is 1.71 bits per heavy atom. The summed E-state index contributed by atoms with van der Waals surface area (Å²) >= 11 is 0. The molecule has 0 saturated carbocycles. The van der Waals surface area contributed by atoms with Crippen molar-refractivity contribution in [3.8, 4) is 0 Å². The third-order valence-corrected chi connectivity index (χ3v) is 2.71. The predicted octanol–water partition coefficient (Wildman–Crippen LogP) is 3.13. The van der Waals surface area contributed by atoms with E-state index < -0.39 is 24.2 Å². The predicted molar refractivity (Wildman–Crippen MR) is 63.3 cm³/mol. The van der Waals surface area contributed by atoms with E-state index >= 15 is 0 Å². The maximum absolute atomic E-state index is 12.4. The summed E-state index contributed by atoms with van der Waals surface area (Å²) in [7, 11) is 0. The Kier molecular flexibility index (Phi) is 4.87. The van der Waals surface area contributed by atoms with Gasteiger partial charge in [0.05, 0.1) is 0 Å². The zero-order valence-electron chi connectivity index (χ0n) is 10.8. The monoisotopic (exact) mass is 314 g/mol. The highest BCUT2D eigenvalue weighted by molar-refractivity contribution is 5.94. The number of carbonyl (C=O) groups is 1. The van der Waals surface area contributed by atoms with E-state index in [1.54, 1.807) is 11.4 Å². The number of hydrogen-bond acceptors (Lipinski definition) is 2.